The zero-order valence-electron chi connectivity index (χ0n) is 11.9. The van der Waals surface area contributed by atoms with Gasteiger partial charge in [-0.2, -0.15) is 0 Å². The molecule has 0 radical (unpaired) electrons. The molecule has 0 aromatic heterocycles. The van der Waals surface area contributed by atoms with E-state index in [0.717, 1.165) is 17.9 Å². The van der Waals surface area contributed by atoms with Crippen LogP contribution in [-0.4, -0.2) is 35.1 Å². The van der Waals surface area contributed by atoms with E-state index < -0.39 is 6.10 Å². The Bertz CT molecular complexity index is 350. The SMILES string of the molecule is CCC(C)Oc1ccc(OC(C)CC(O)CO)cc1. The summed E-state index contributed by atoms with van der Waals surface area (Å²) < 4.78 is 11.3. The van der Waals surface area contributed by atoms with Gasteiger partial charge in [-0.3, -0.25) is 0 Å². The number of aliphatic hydroxyl groups is 2. The molecule has 0 saturated carbocycles. The first-order valence-corrected chi connectivity index (χ1v) is 6.77. The van der Waals surface area contributed by atoms with Crippen molar-refractivity contribution in [2.45, 2.75) is 51.9 Å². The summed E-state index contributed by atoms with van der Waals surface area (Å²) in [5, 5.41) is 18.1. The van der Waals surface area contributed by atoms with Crippen LogP contribution in [0.25, 0.3) is 0 Å². The Kier molecular flexibility index (Phi) is 6.67. The predicted molar refractivity (Wildman–Crippen MR) is 74.6 cm³/mol. The highest BCUT2D eigenvalue weighted by molar-refractivity contribution is 5.31. The Hall–Kier alpha value is -1.26. The van der Waals surface area contributed by atoms with Gasteiger partial charge in [0.25, 0.3) is 0 Å². The minimum absolute atomic E-state index is 0.150. The van der Waals surface area contributed by atoms with Gasteiger partial charge >= 0.3 is 0 Å². The minimum atomic E-state index is -0.733. The maximum atomic E-state index is 9.33. The number of aliphatic hydroxyl groups excluding tert-OH is 2. The second-order valence-corrected chi connectivity index (χ2v) is 4.81. The number of hydrogen-bond acceptors (Lipinski definition) is 4. The van der Waals surface area contributed by atoms with Crippen molar-refractivity contribution in [2.24, 2.45) is 0 Å². The van der Waals surface area contributed by atoms with E-state index in [1.165, 1.54) is 0 Å². The van der Waals surface area contributed by atoms with Gasteiger partial charge < -0.3 is 19.7 Å². The lowest BCUT2D eigenvalue weighted by Gasteiger charge is -2.18. The summed E-state index contributed by atoms with van der Waals surface area (Å²) in [6, 6.07) is 7.44. The van der Waals surface area contributed by atoms with Crippen LogP contribution in [0.15, 0.2) is 24.3 Å². The van der Waals surface area contributed by atoms with Crippen LogP contribution in [-0.2, 0) is 0 Å². The Labute approximate surface area is 115 Å². The van der Waals surface area contributed by atoms with Crippen molar-refractivity contribution in [3.8, 4) is 11.5 Å². The van der Waals surface area contributed by atoms with Crippen LogP contribution in [0, 0.1) is 0 Å². The van der Waals surface area contributed by atoms with Crippen LogP contribution in [0.1, 0.15) is 33.6 Å². The summed E-state index contributed by atoms with van der Waals surface area (Å²) in [7, 11) is 0. The Morgan fingerprint density at radius 3 is 1.89 bits per heavy atom. The zero-order chi connectivity index (χ0) is 14.3. The second kappa shape index (κ2) is 8.02. The lowest BCUT2D eigenvalue weighted by molar-refractivity contribution is 0.0550. The van der Waals surface area contributed by atoms with Crippen LogP contribution < -0.4 is 9.47 Å². The highest BCUT2D eigenvalue weighted by Crippen LogP contribution is 2.20. The average Bonchev–Trinajstić information content (AvgIpc) is 2.40. The van der Waals surface area contributed by atoms with E-state index in [9.17, 15) is 5.11 Å². The van der Waals surface area contributed by atoms with Crippen LogP contribution in [0.4, 0.5) is 0 Å². The molecular weight excluding hydrogens is 244 g/mol. The summed E-state index contributed by atoms with van der Waals surface area (Å²) in [4.78, 5) is 0. The lowest BCUT2D eigenvalue weighted by Crippen LogP contribution is -2.23. The molecule has 0 bridgehead atoms. The number of benzene rings is 1. The van der Waals surface area contributed by atoms with Crippen molar-refractivity contribution < 1.29 is 19.7 Å². The molecule has 19 heavy (non-hydrogen) atoms. The van der Waals surface area contributed by atoms with Crippen LogP contribution in [0.3, 0.4) is 0 Å². The molecule has 3 atom stereocenters. The smallest absolute Gasteiger partial charge is 0.119 e. The first-order chi connectivity index (χ1) is 9.05. The molecule has 0 spiro atoms. The third kappa shape index (κ3) is 5.94. The fourth-order valence-corrected chi connectivity index (χ4v) is 1.65. The maximum Gasteiger partial charge on any atom is 0.119 e. The molecule has 0 aliphatic carbocycles. The van der Waals surface area contributed by atoms with Crippen LogP contribution in [0.2, 0.25) is 0 Å². The number of rotatable bonds is 8. The van der Waals surface area contributed by atoms with Crippen LogP contribution in [0.5, 0.6) is 11.5 Å². The monoisotopic (exact) mass is 268 g/mol. The third-order valence-corrected chi connectivity index (χ3v) is 2.89. The number of hydrogen-bond donors (Lipinski definition) is 2. The summed E-state index contributed by atoms with van der Waals surface area (Å²) in [6.07, 6.45) is 0.688. The van der Waals surface area contributed by atoms with Gasteiger partial charge in [0.2, 0.25) is 0 Å². The molecule has 0 amide bonds. The summed E-state index contributed by atoms with van der Waals surface area (Å²) in [6.45, 7) is 5.73. The van der Waals surface area contributed by atoms with Crippen molar-refractivity contribution in [3.05, 3.63) is 24.3 Å². The summed E-state index contributed by atoms with van der Waals surface area (Å²) in [5.41, 5.74) is 0. The van der Waals surface area contributed by atoms with E-state index in [2.05, 4.69) is 6.92 Å². The molecule has 1 aromatic rings. The Morgan fingerprint density at radius 2 is 1.47 bits per heavy atom. The quantitative estimate of drug-likeness (QED) is 0.760. The van der Waals surface area contributed by atoms with Gasteiger partial charge in [0, 0.05) is 6.42 Å². The van der Waals surface area contributed by atoms with E-state index in [0.29, 0.717) is 6.42 Å². The predicted octanol–water partition coefficient (Wildman–Crippen LogP) is 2.37. The molecule has 4 heteroatoms. The summed E-state index contributed by atoms with van der Waals surface area (Å²) in [5.74, 6) is 1.55. The first kappa shape index (κ1) is 15.8. The molecule has 2 N–H and O–H groups in total. The Morgan fingerprint density at radius 1 is 1.00 bits per heavy atom. The first-order valence-electron chi connectivity index (χ1n) is 6.77. The normalized spacial score (nSPS) is 15.6. The van der Waals surface area contributed by atoms with Gasteiger partial charge in [0.05, 0.1) is 24.9 Å². The van der Waals surface area contributed by atoms with Crippen molar-refractivity contribution >= 4 is 0 Å². The molecule has 4 nitrogen and oxygen atoms in total. The lowest BCUT2D eigenvalue weighted by atomic mass is 10.2. The van der Waals surface area contributed by atoms with E-state index in [1.54, 1.807) is 0 Å². The molecule has 0 saturated heterocycles. The molecule has 0 fully saturated rings. The average molecular weight is 268 g/mol. The van der Waals surface area contributed by atoms with Gasteiger partial charge in [-0.05, 0) is 44.5 Å². The molecule has 3 unspecified atom stereocenters. The van der Waals surface area contributed by atoms with E-state index in [1.807, 2.05) is 38.1 Å². The van der Waals surface area contributed by atoms with E-state index >= 15 is 0 Å². The van der Waals surface area contributed by atoms with E-state index in [-0.39, 0.29) is 18.8 Å². The van der Waals surface area contributed by atoms with Gasteiger partial charge in [0.1, 0.15) is 11.5 Å². The third-order valence-electron chi connectivity index (χ3n) is 2.89. The van der Waals surface area contributed by atoms with Gasteiger partial charge in [-0.1, -0.05) is 6.92 Å². The molecule has 0 aliphatic heterocycles. The van der Waals surface area contributed by atoms with Crippen molar-refractivity contribution in [1.29, 1.82) is 0 Å². The molecule has 1 aromatic carbocycles. The highest BCUT2D eigenvalue weighted by atomic mass is 16.5. The highest BCUT2D eigenvalue weighted by Gasteiger charge is 2.11. The fraction of sp³-hybridized carbons (Fsp3) is 0.600. The number of ether oxygens (including phenoxy) is 2. The summed E-state index contributed by atoms with van der Waals surface area (Å²) >= 11 is 0. The van der Waals surface area contributed by atoms with E-state index in [4.69, 9.17) is 14.6 Å². The zero-order valence-corrected chi connectivity index (χ0v) is 11.9. The minimum Gasteiger partial charge on any atom is -0.491 e. The van der Waals surface area contributed by atoms with Gasteiger partial charge in [-0.15, -0.1) is 0 Å². The Balaban J connectivity index is 2.47. The topological polar surface area (TPSA) is 58.9 Å². The molecule has 0 heterocycles. The standard InChI is InChI=1S/C15H24O4/c1-4-11(2)18-14-5-7-15(8-6-14)19-12(3)9-13(17)10-16/h5-8,11-13,16-17H,4,9-10H2,1-3H3. The molecule has 1 rings (SSSR count). The largest absolute Gasteiger partial charge is 0.491 e. The van der Waals surface area contributed by atoms with Crippen molar-refractivity contribution in [2.75, 3.05) is 6.61 Å². The second-order valence-electron chi connectivity index (χ2n) is 4.81. The fourth-order valence-electron chi connectivity index (χ4n) is 1.65. The van der Waals surface area contributed by atoms with Crippen molar-refractivity contribution in [1.82, 2.24) is 0 Å². The molecule has 0 aliphatic rings. The van der Waals surface area contributed by atoms with Crippen LogP contribution >= 0.6 is 0 Å². The molecular formula is C15H24O4. The van der Waals surface area contributed by atoms with Gasteiger partial charge in [0.15, 0.2) is 0 Å². The maximum absolute atomic E-state index is 9.33. The van der Waals surface area contributed by atoms with Crippen molar-refractivity contribution in [3.63, 3.8) is 0 Å². The van der Waals surface area contributed by atoms with Gasteiger partial charge in [-0.25, -0.2) is 0 Å². The molecule has 108 valence electrons.